The Bertz CT molecular complexity index is 371. The van der Waals surface area contributed by atoms with Gasteiger partial charge in [-0.15, -0.1) is 0 Å². The second-order valence-corrected chi connectivity index (χ2v) is 5.08. The minimum atomic E-state index is 0.665. The molecule has 0 aliphatic carbocycles. The predicted octanol–water partition coefficient (Wildman–Crippen LogP) is 0.779. The largest absolute Gasteiger partial charge is 0.314 e. The number of nitrogens with one attached hydrogen (secondary N) is 2. The lowest BCUT2D eigenvalue weighted by molar-refractivity contribution is 0.222. The number of rotatable bonds is 2. The average Bonchev–Trinajstić information content (AvgIpc) is 2.40. The smallest absolute Gasteiger partial charge is 0.0208 e. The fourth-order valence-electron chi connectivity index (χ4n) is 2.95. The van der Waals surface area contributed by atoms with Crippen LogP contribution in [0.2, 0.25) is 0 Å². The Hall–Kier alpha value is -0.900. The lowest BCUT2D eigenvalue weighted by atomic mass is 9.90. The Kier molecular flexibility index (Phi) is 3.41. The summed E-state index contributed by atoms with van der Waals surface area (Å²) in [6.45, 7) is 8.03. The van der Waals surface area contributed by atoms with Crippen molar-refractivity contribution in [2.45, 2.75) is 12.5 Å². The molecule has 2 aliphatic heterocycles. The number of fused-ring (bicyclic) bond motifs is 1. The fourth-order valence-corrected chi connectivity index (χ4v) is 2.95. The Morgan fingerprint density at radius 2 is 1.94 bits per heavy atom. The average molecular weight is 231 g/mol. The van der Waals surface area contributed by atoms with E-state index < -0.39 is 0 Å². The highest BCUT2D eigenvalue weighted by Gasteiger charge is 2.22. The van der Waals surface area contributed by atoms with Crippen molar-refractivity contribution in [1.82, 2.24) is 15.5 Å². The van der Waals surface area contributed by atoms with Gasteiger partial charge >= 0.3 is 0 Å². The van der Waals surface area contributed by atoms with Crippen molar-refractivity contribution in [3.63, 3.8) is 0 Å². The summed E-state index contributed by atoms with van der Waals surface area (Å²) in [5.74, 6) is 0.665. The molecule has 0 saturated carbocycles. The van der Waals surface area contributed by atoms with Crippen molar-refractivity contribution < 1.29 is 0 Å². The quantitative estimate of drug-likeness (QED) is 0.787. The van der Waals surface area contributed by atoms with Gasteiger partial charge in [0.15, 0.2) is 0 Å². The van der Waals surface area contributed by atoms with E-state index in [2.05, 4.69) is 39.8 Å². The third-order valence-corrected chi connectivity index (χ3v) is 3.89. The van der Waals surface area contributed by atoms with Crippen LogP contribution in [0, 0.1) is 0 Å². The topological polar surface area (TPSA) is 27.3 Å². The van der Waals surface area contributed by atoms with Crippen molar-refractivity contribution in [2.24, 2.45) is 0 Å². The van der Waals surface area contributed by atoms with E-state index in [9.17, 15) is 0 Å². The first kappa shape index (κ1) is 11.2. The van der Waals surface area contributed by atoms with E-state index in [1.165, 1.54) is 25.2 Å². The predicted molar refractivity (Wildman–Crippen MR) is 70.2 cm³/mol. The van der Waals surface area contributed by atoms with Crippen LogP contribution < -0.4 is 10.6 Å². The lowest BCUT2D eigenvalue weighted by Gasteiger charge is -2.34. The molecule has 3 nitrogen and oxygen atoms in total. The van der Waals surface area contributed by atoms with E-state index in [1.54, 1.807) is 5.56 Å². The molecule has 3 rings (SSSR count). The van der Waals surface area contributed by atoms with E-state index in [1.807, 2.05) is 0 Å². The van der Waals surface area contributed by atoms with Gasteiger partial charge in [0.05, 0.1) is 0 Å². The van der Waals surface area contributed by atoms with E-state index >= 15 is 0 Å². The van der Waals surface area contributed by atoms with Crippen molar-refractivity contribution >= 4 is 0 Å². The first-order chi connectivity index (χ1) is 8.43. The molecule has 17 heavy (non-hydrogen) atoms. The maximum absolute atomic E-state index is 3.54. The molecule has 1 saturated heterocycles. The number of nitrogens with zero attached hydrogens (tertiary/aromatic N) is 1. The molecular formula is C14H21N3. The van der Waals surface area contributed by atoms with Crippen LogP contribution in [0.15, 0.2) is 24.3 Å². The molecule has 92 valence electrons. The molecule has 2 N–H and O–H groups in total. The summed E-state index contributed by atoms with van der Waals surface area (Å²) in [6.07, 6.45) is 0. The fraction of sp³-hybridized carbons (Fsp3) is 0.571. The van der Waals surface area contributed by atoms with Gasteiger partial charge in [-0.05, 0) is 11.1 Å². The highest BCUT2D eigenvalue weighted by Crippen LogP contribution is 2.24. The van der Waals surface area contributed by atoms with Crippen LogP contribution in [0.25, 0.3) is 0 Å². The molecule has 2 aliphatic rings. The van der Waals surface area contributed by atoms with Gasteiger partial charge in [-0.1, -0.05) is 24.3 Å². The van der Waals surface area contributed by atoms with Gasteiger partial charge in [-0.25, -0.2) is 0 Å². The molecule has 1 unspecified atom stereocenters. The van der Waals surface area contributed by atoms with Crippen molar-refractivity contribution in [3.05, 3.63) is 35.4 Å². The lowest BCUT2D eigenvalue weighted by Crippen LogP contribution is -2.46. The molecule has 0 spiro atoms. The maximum Gasteiger partial charge on any atom is 0.0208 e. The van der Waals surface area contributed by atoms with Crippen LogP contribution in [0.1, 0.15) is 17.0 Å². The zero-order chi connectivity index (χ0) is 11.5. The SMILES string of the molecule is c1ccc2c(c1)CNCC2CN1CCNCC1. The van der Waals surface area contributed by atoms with Crippen LogP contribution in [-0.2, 0) is 6.54 Å². The van der Waals surface area contributed by atoms with Crippen molar-refractivity contribution in [2.75, 3.05) is 39.3 Å². The van der Waals surface area contributed by atoms with Gasteiger partial charge in [-0.3, -0.25) is 0 Å². The molecule has 0 aromatic heterocycles. The highest BCUT2D eigenvalue weighted by molar-refractivity contribution is 5.32. The van der Waals surface area contributed by atoms with Crippen LogP contribution in [0.4, 0.5) is 0 Å². The molecule has 1 aromatic rings. The normalized spacial score (nSPS) is 25.5. The van der Waals surface area contributed by atoms with Gasteiger partial charge < -0.3 is 15.5 Å². The molecule has 1 atom stereocenters. The second-order valence-electron chi connectivity index (χ2n) is 5.08. The molecule has 2 heterocycles. The van der Waals surface area contributed by atoms with Gasteiger partial charge in [0.25, 0.3) is 0 Å². The molecule has 0 radical (unpaired) electrons. The Balaban J connectivity index is 1.71. The van der Waals surface area contributed by atoms with Crippen molar-refractivity contribution in [3.8, 4) is 0 Å². The van der Waals surface area contributed by atoms with Crippen LogP contribution in [-0.4, -0.2) is 44.2 Å². The molecular weight excluding hydrogens is 210 g/mol. The van der Waals surface area contributed by atoms with Crippen LogP contribution in [0.3, 0.4) is 0 Å². The summed E-state index contributed by atoms with van der Waals surface area (Å²) in [6, 6.07) is 8.89. The summed E-state index contributed by atoms with van der Waals surface area (Å²) >= 11 is 0. The van der Waals surface area contributed by atoms with E-state index in [4.69, 9.17) is 0 Å². The molecule has 1 aromatic carbocycles. The van der Waals surface area contributed by atoms with E-state index in [0.717, 1.165) is 26.2 Å². The molecule has 1 fully saturated rings. The number of hydrogen-bond acceptors (Lipinski definition) is 3. The van der Waals surface area contributed by atoms with Crippen molar-refractivity contribution in [1.29, 1.82) is 0 Å². The Morgan fingerprint density at radius 3 is 2.82 bits per heavy atom. The zero-order valence-electron chi connectivity index (χ0n) is 10.3. The van der Waals surface area contributed by atoms with Gasteiger partial charge in [0.2, 0.25) is 0 Å². The summed E-state index contributed by atoms with van der Waals surface area (Å²) < 4.78 is 0. The van der Waals surface area contributed by atoms with Gasteiger partial charge in [-0.2, -0.15) is 0 Å². The van der Waals surface area contributed by atoms with E-state index in [-0.39, 0.29) is 0 Å². The van der Waals surface area contributed by atoms with Crippen LogP contribution in [0.5, 0.6) is 0 Å². The third-order valence-electron chi connectivity index (χ3n) is 3.89. The number of benzene rings is 1. The zero-order valence-corrected chi connectivity index (χ0v) is 10.3. The minimum absolute atomic E-state index is 0.665. The maximum atomic E-state index is 3.54. The van der Waals surface area contributed by atoms with Gasteiger partial charge in [0, 0.05) is 51.7 Å². The first-order valence-corrected chi connectivity index (χ1v) is 6.65. The monoisotopic (exact) mass is 231 g/mol. The molecule has 3 heteroatoms. The van der Waals surface area contributed by atoms with E-state index in [0.29, 0.717) is 5.92 Å². The Labute approximate surface area is 103 Å². The molecule has 0 amide bonds. The third kappa shape index (κ3) is 2.51. The summed E-state index contributed by atoms with van der Waals surface area (Å²) in [4.78, 5) is 2.59. The standard InChI is InChI=1S/C14H21N3/c1-2-4-14-12(3-1)9-16-10-13(14)11-17-7-5-15-6-8-17/h1-4,13,15-16H,5-11H2. The second kappa shape index (κ2) is 5.17. The van der Waals surface area contributed by atoms with Crippen LogP contribution >= 0.6 is 0 Å². The Morgan fingerprint density at radius 1 is 1.12 bits per heavy atom. The summed E-state index contributed by atoms with van der Waals surface area (Å²) in [5.41, 5.74) is 3.05. The summed E-state index contributed by atoms with van der Waals surface area (Å²) in [7, 11) is 0. The molecule has 0 bridgehead atoms. The van der Waals surface area contributed by atoms with Gasteiger partial charge in [0.1, 0.15) is 0 Å². The minimum Gasteiger partial charge on any atom is -0.314 e. The summed E-state index contributed by atoms with van der Waals surface area (Å²) in [5, 5.41) is 6.95. The number of hydrogen-bond donors (Lipinski definition) is 2. The highest BCUT2D eigenvalue weighted by atomic mass is 15.2. The first-order valence-electron chi connectivity index (χ1n) is 6.65. The number of piperazine rings is 1.